The summed E-state index contributed by atoms with van der Waals surface area (Å²) in [6.07, 6.45) is 6.31. The summed E-state index contributed by atoms with van der Waals surface area (Å²) in [6.45, 7) is 7.48. The molecule has 0 aromatic heterocycles. The Morgan fingerprint density at radius 1 is 1.10 bits per heavy atom. The Kier molecular flexibility index (Phi) is 4.44. The Bertz CT molecular complexity index is 500. The molecule has 1 aromatic carbocycles. The average molecular weight is 285 g/mol. The van der Waals surface area contributed by atoms with Gasteiger partial charge in [0.05, 0.1) is 0 Å². The molecule has 0 unspecified atom stereocenters. The quantitative estimate of drug-likeness (QED) is 0.779. The van der Waals surface area contributed by atoms with Gasteiger partial charge in [-0.15, -0.1) is 0 Å². The number of benzene rings is 1. The van der Waals surface area contributed by atoms with Crippen molar-refractivity contribution in [2.45, 2.75) is 46.0 Å². The smallest absolute Gasteiger partial charge is 0.164 e. The minimum atomic E-state index is 0.313. The molecule has 2 saturated heterocycles. The van der Waals surface area contributed by atoms with Gasteiger partial charge in [0.1, 0.15) is 0 Å². The molecule has 0 atom stereocenters. The van der Waals surface area contributed by atoms with E-state index in [0.29, 0.717) is 12.2 Å². The molecule has 3 fully saturated rings. The minimum Gasteiger partial charge on any atom is -0.302 e. The first-order valence-corrected chi connectivity index (χ1v) is 8.44. The van der Waals surface area contributed by atoms with Crippen LogP contribution in [-0.4, -0.2) is 30.3 Å². The van der Waals surface area contributed by atoms with Crippen LogP contribution >= 0.6 is 0 Å². The predicted octanol–water partition coefficient (Wildman–Crippen LogP) is 4.00. The zero-order valence-corrected chi connectivity index (χ0v) is 13.4. The first kappa shape index (κ1) is 14.8. The minimum absolute atomic E-state index is 0.313. The van der Waals surface area contributed by atoms with E-state index in [4.69, 9.17) is 0 Å². The van der Waals surface area contributed by atoms with Crippen molar-refractivity contribution in [3.63, 3.8) is 0 Å². The number of hydrogen-bond acceptors (Lipinski definition) is 2. The van der Waals surface area contributed by atoms with Crippen molar-refractivity contribution in [2.75, 3.05) is 19.6 Å². The lowest BCUT2D eigenvalue weighted by Crippen LogP contribution is -2.30. The Morgan fingerprint density at radius 3 is 2.33 bits per heavy atom. The number of rotatable bonds is 4. The maximum Gasteiger partial charge on any atom is 0.164 e. The Labute approximate surface area is 128 Å². The SMILES string of the molecule is Cc1ccc(C)c(C(=O)CCN2CC3CCC(CC3)C2)c1. The molecule has 21 heavy (non-hydrogen) atoms. The third-order valence-electron chi connectivity index (χ3n) is 5.35. The highest BCUT2D eigenvalue weighted by Gasteiger charge is 2.29. The average Bonchev–Trinajstić information content (AvgIpc) is 2.80. The molecule has 3 aliphatic rings. The van der Waals surface area contributed by atoms with E-state index < -0.39 is 0 Å². The third-order valence-corrected chi connectivity index (χ3v) is 5.35. The monoisotopic (exact) mass is 285 g/mol. The van der Waals surface area contributed by atoms with Crippen LogP contribution in [0.5, 0.6) is 0 Å². The van der Waals surface area contributed by atoms with Crippen LogP contribution in [0.15, 0.2) is 18.2 Å². The van der Waals surface area contributed by atoms with Gasteiger partial charge in [-0.2, -0.15) is 0 Å². The second-order valence-corrected chi connectivity index (χ2v) is 7.14. The van der Waals surface area contributed by atoms with Gasteiger partial charge in [0.2, 0.25) is 0 Å². The van der Waals surface area contributed by atoms with E-state index in [-0.39, 0.29) is 0 Å². The van der Waals surface area contributed by atoms with Crippen molar-refractivity contribution in [3.05, 3.63) is 34.9 Å². The zero-order chi connectivity index (χ0) is 14.8. The second-order valence-electron chi connectivity index (χ2n) is 7.14. The summed E-state index contributed by atoms with van der Waals surface area (Å²) in [5.74, 6) is 2.09. The van der Waals surface area contributed by atoms with Gasteiger partial charge in [-0.25, -0.2) is 0 Å². The molecule has 114 valence electrons. The molecular formula is C19H27NO. The van der Waals surface area contributed by atoms with Gasteiger partial charge < -0.3 is 4.90 Å². The second kappa shape index (κ2) is 6.31. The molecule has 1 saturated carbocycles. The summed E-state index contributed by atoms with van der Waals surface area (Å²) in [6, 6.07) is 6.19. The highest BCUT2D eigenvalue weighted by molar-refractivity contribution is 5.97. The highest BCUT2D eigenvalue weighted by Crippen LogP contribution is 2.33. The van der Waals surface area contributed by atoms with Gasteiger partial charge in [0, 0.05) is 31.6 Å². The van der Waals surface area contributed by atoms with Crippen LogP contribution in [0, 0.1) is 25.7 Å². The summed E-state index contributed by atoms with van der Waals surface area (Å²) < 4.78 is 0. The van der Waals surface area contributed by atoms with E-state index in [1.54, 1.807) is 0 Å². The highest BCUT2D eigenvalue weighted by atomic mass is 16.1. The van der Waals surface area contributed by atoms with E-state index in [9.17, 15) is 4.79 Å². The topological polar surface area (TPSA) is 20.3 Å². The molecule has 0 amide bonds. The fourth-order valence-electron chi connectivity index (χ4n) is 4.01. The zero-order valence-electron chi connectivity index (χ0n) is 13.4. The number of aryl methyl sites for hydroxylation is 2. The molecule has 0 N–H and O–H groups in total. The lowest BCUT2D eigenvalue weighted by molar-refractivity contribution is 0.0960. The number of ketones is 1. The van der Waals surface area contributed by atoms with E-state index in [1.165, 1.54) is 44.3 Å². The number of nitrogens with zero attached hydrogens (tertiary/aromatic N) is 1. The maximum absolute atomic E-state index is 12.5. The molecular weight excluding hydrogens is 258 g/mol. The first-order chi connectivity index (χ1) is 10.1. The number of carbonyl (C=O) groups is 1. The normalized spacial score (nSPS) is 25.8. The number of hydrogen-bond donors (Lipinski definition) is 0. The van der Waals surface area contributed by atoms with E-state index in [0.717, 1.165) is 29.5 Å². The standard InChI is InChI=1S/C19H27NO/c1-14-3-4-15(2)18(11-14)19(21)9-10-20-12-16-5-6-17(13-20)8-7-16/h3-4,11,16-17H,5-10,12-13H2,1-2H3. The van der Waals surface area contributed by atoms with Crippen LogP contribution in [-0.2, 0) is 0 Å². The van der Waals surface area contributed by atoms with Gasteiger partial charge in [-0.05, 0) is 63.0 Å². The lowest BCUT2D eigenvalue weighted by Gasteiger charge is -2.22. The summed E-state index contributed by atoms with van der Waals surface area (Å²) >= 11 is 0. The van der Waals surface area contributed by atoms with Crippen LogP contribution in [0.2, 0.25) is 0 Å². The van der Waals surface area contributed by atoms with Crippen molar-refractivity contribution in [3.8, 4) is 0 Å². The van der Waals surface area contributed by atoms with Crippen LogP contribution in [0.1, 0.15) is 53.6 Å². The molecule has 2 bridgehead atoms. The molecule has 0 spiro atoms. The van der Waals surface area contributed by atoms with Gasteiger partial charge >= 0.3 is 0 Å². The summed E-state index contributed by atoms with van der Waals surface area (Å²) in [7, 11) is 0. The fraction of sp³-hybridized carbons (Fsp3) is 0.632. The molecule has 2 heterocycles. The van der Waals surface area contributed by atoms with Crippen LogP contribution in [0.25, 0.3) is 0 Å². The molecule has 2 aliphatic heterocycles. The molecule has 1 aliphatic carbocycles. The molecule has 4 rings (SSSR count). The van der Waals surface area contributed by atoms with Crippen LogP contribution in [0.4, 0.5) is 0 Å². The van der Waals surface area contributed by atoms with Crippen molar-refractivity contribution in [1.82, 2.24) is 4.90 Å². The molecule has 2 heteroatoms. The van der Waals surface area contributed by atoms with Crippen LogP contribution in [0.3, 0.4) is 0 Å². The van der Waals surface area contributed by atoms with Crippen molar-refractivity contribution in [1.29, 1.82) is 0 Å². The molecule has 2 nitrogen and oxygen atoms in total. The Morgan fingerprint density at radius 2 is 1.71 bits per heavy atom. The first-order valence-electron chi connectivity index (χ1n) is 8.44. The van der Waals surface area contributed by atoms with Crippen LogP contribution < -0.4 is 0 Å². The number of carbonyl (C=O) groups excluding carboxylic acids is 1. The van der Waals surface area contributed by atoms with Gasteiger partial charge in [0.25, 0.3) is 0 Å². The van der Waals surface area contributed by atoms with E-state index in [1.807, 2.05) is 13.0 Å². The van der Waals surface area contributed by atoms with E-state index >= 15 is 0 Å². The van der Waals surface area contributed by atoms with Crippen molar-refractivity contribution >= 4 is 5.78 Å². The summed E-state index contributed by atoms with van der Waals surface area (Å²) in [5, 5.41) is 0. The number of fused-ring (bicyclic) bond motifs is 4. The summed E-state index contributed by atoms with van der Waals surface area (Å²) in [4.78, 5) is 15.1. The number of Topliss-reactive ketones (excluding diaryl/α,β-unsaturated/α-hetero) is 1. The maximum atomic E-state index is 12.5. The summed E-state index contributed by atoms with van der Waals surface area (Å²) in [5.41, 5.74) is 3.21. The van der Waals surface area contributed by atoms with Crippen molar-refractivity contribution < 1.29 is 4.79 Å². The largest absolute Gasteiger partial charge is 0.302 e. The Hall–Kier alpha value is -1.15. The molecule has 0 radical (unpaired) electrons. The lowest BCUT2D eigenvalue weighted by atomic mass is 9.84. The molecule has 1 aromatic rings. The Balaban J connectivity index is 1.59. The van der Waals surface area contributed by atoms with Gasteiger partial charge in [-0.1, -0.05) is 17.7 Å². The predicted molar refractivity (Wildman–Crippen MR) is 86.8 cm³/mol. The van der Waals surface area contributed by atoms with Gasteiger partial charge in [-0.3, -0.25) is 4.79 Å². The van der Waals surface area contributed by atoms with E-state index in [2.05, 4.69) is 24.0 Å². The van der Waals surface area contributed by atoms with Gasteiger partial charge in [0.15, 0.2) is 5.78 Å². The van der Waals surface area contributed by atoms with Crippen molar-refractivity contribution in [2.24, 2.45) is 11.8 Å². The third kappa shape index (κ3) is 3.55. The fourth-order valence-corrected chi connectivity index (χ4v) is 4.01.